The number of hydrogen-bond donors (Lipinski definition) is 2. The highest BCUT2D eigenvalue weighted by Crippen LogP contribution is 2.18. The van der Waals surface area contributed by atoms with Gasteiger partial charge < -0.3 is 15.7 Å². The fourth-order valence-corrected chi connectivity index (χ4v) is 2.05. The average Bonchev–Trinajstić information content (AvgIpc) is 2.91. The van der Waals surface area contributed by atoms with Crippen LogP contribution >= 0.6 is 24.8 Å². The molecular weight excluding hydrogens is 289 g/mol. The van der Waals surface area contributed by atoms with Gasteiger partial charge in [0, 0.05) is 25.5 Å². The van der Waals surface area contributed by atoms with Crippen molar-refractivity contribution in [1.82, 2.24) is 9.88 Å². The largest absolute Gasteiger partial charge is 0.386 e. The smallest absolute Gasteiger partial charge is 0.242 e. The Labute approximate surface area is 125 Å². The number of amides is 1. The van der Waals surface area contributed by atoms with E-state index in [0.717, 1.165) is 25.9 Å². The molecule has 1 amide bonds. The fourth-order valence-electron chi connectivity index (χ4n) is 2.05. The maximum absolute atomic E-state index is 12.0. The molecule has 1 aliphatic rings. The molecule has 0 spiro atoms. The van der Waals surface area contributed by atoms with E-state index in [1.165, 1.54) is 0 Å². The molecule has 2 atom stereocenters. The van der Waals surface area contributed by atoms with Gasteiger partial charge in [0.2, 0.25) is 5.91 Å². The predicted octanol–water partition coefficient (Wildman–Crippen LogP) is 0.908. The van der Waals surface area contributed by atoms with Crippen molar-refractivity contribution in [3.63, 3.8) is 0 Å². The van der Waals surface area contributed by atoms with Crippen molar-refractivity contribution in [2.24, 2.45) is 5.73 Å². The highest BCUT2D eigenvalue weighted by Gasteiger charge is 2.29. The van der Waals surface area contributed by atoms with Gasteiger partial charge in [0.25, 0.3) is 0 Å². The van der Waals surface area contributed by atoms with Crippen LogP contribution in [0.15, 0.2) is 24.5 Å². The summed E-state index contributed by atoms with van der Waals surface area (Å²) in [5.74, 6) is -0.174. The summed E-state index contributed by atoms with van der Waals surface area (Å²) in [5.41, 5.74) is 6.44. The number of aliphatic hydroxyl groups excluding tert-OH is 1. The van der Waals surface area contributed by atoms with E-state index in [4.69, 9.17) is 5.73 Å². The predicted molar refractivity (Wildman–Crippen MR) is 77.5 cm³/mol. The molecule has 7 heteroatoms. The molecule has 2 rings (SSSR count). The van der Waals surface area contributed by atoms with Crippen LogP contribution in [-0.4, -0.2) is 40.0 Å². The van der Waals surface area contributed by atoms with Crippen LogP contribution in [0.3, 0.4) is 0 Å². The number of hydrogen-bond acceptors (Lipinski definition) is 4. The van der Waals surface area contributed by atoms with Crippen molar-refractivity contribution in [1.29, 1.82) is 0 Å². The van der Waals surface area contributed by atoms with E-state index in [0.29, 0.717) is 5.56 Å². The fraction of sp³-hybridized carbons (Fsp3) is 0.500. The molecule has 1 aromatic rings. The molecule has 1 aromatic heterocycles. The molecule has 2 heterocycles. The van der Waals surface area contributed by atoms with Crippen LogP contribution in [0.5, 0.6) is 0 Å². The van der Waals surface area contributed by atoms with Gasteiger partial charge in [-0.15, -0.1) is 24.8 Å². The van der Waals surface area contributed by atoms with Crippen LogP contribution in [0.4, 0.5) is 0 Å². The number of carbonyl (C=O) groups excluding carboxylic acids is 1. The summed E-state index contributed by atoms with van der Waals surface area (Å²) in [6, 6.07) is 2.44. The van der Waals surface area contributed by atoms with Gasteiger partial charge in [-0.1, -0.05) is 0 Å². The molecule has 1 saturated heterocycles. The number of aliphatic hydroxyl groups is 1. The third-order valence-corrected chi connectivity index (χ3v) is 3.09. The zero-order valence-corrected chi connectivity index (χ0v) is 12.1. The first-order valence-corrected chi connectivity index (χ1v) is 5.82. The molecule has 1 aliphatic heterocycles. The zero-order valence-electron chi connectivity index (χ0n) is 10.4. The standard InChI is InChI=1S/C12H17N3O2.2ClH/c13-10(12(17)15-7-1-2-8-15)11(16)9-3-5-14-6-4-9;;/h3-6,10-11,16H,1-2,7-8,13H2;2*1H/t10-,11-;;/m1../s1. The number of rotatable bonds is 3. The SMILES string of the molecule is Cl.Cl.N[C@@H](C(=O)N1CCCC1)[C@H](O)c1ccncc1. The second-order valence-corrected chi connectivity index (χ2v) is 4.28. The molecule has 5 nitrogen and oxygen atoms in total. The summed E-state index contributed by atoms with van der Waals surface area (Å²) in [7, 11) is 0. The molecule has 0 bridgehead atoms. The number of nitrogens with zero attached hydrogens (tertiary/aromatic N) is 2. The lowest BCUT2D eigenvalue weighted by Gasteiger charge is -2.23. The Kier molecular flexibility index (Phi) is 7.94. The number of carbonyl (C=O) groups is 1. The first-order valence-electron chi connectivity index (χ1n) is 5.82. The summed E-state index contributed by atoms with van der Waals surface area (Å²) in [5, 5.41) is 10.0. The van der Waals surface area contributed by atoms with E-state index >= 15 is 0 Å². The average molecular weight is 308 g/mol. The first kappa shape index (κ1) is 18.1. The Bertz CT molecular complexity index is 386. The second kappa shape index (κ2) is 8.32. The highest BCUT2D eigenvalue weighted by atomic mass is 35.5. The monoisotopic (exact) mass is 307 g/mol. The Morgan fingerprint density at radius 1 is 1.26 bits per heavy atom. The minimum atomic E-state index is -0.967. The molecule has 3 N–H and O–H groups in total. The third kappa shape index (κ3) is 4.31. The Hall–Kier alpha value is -0.880. The third-order valence-electron chi connectivity index (χ3n) is 3.09. The van der Waals surface area contributed by atoms with Crippen LogP contribution in [0, 0.1) is 0 Å². The molecule has 0 aliphatic carbocycles. The summed E-state index contributed by atoms with van der Waals surface area (Å²) < 4.78 is 0. The van der Waals surface area contributed by atoms with Crippen molar-refractivity contribution >= 4 is 30.7 Å². The van der Waals surface area contributed by atoms with Gasteiger partial charge in [-0.3, -0.25) is 9.78 Å². The van der Waals surface area contributed by atoms with E-state index in [2.05, 4.69) is 4.98 Å². The maximum atomic E-state index is 12.0. The molecule has 0 radical (unpaired) electrons. The van der Waals surface area contributed by atoms with Crippen LogP contribution < -0.4 is 5.73 Å². The first-order chi connectivity index (χ1) is 8.20. The summed E-state index contributed by atoms with van der Waals surface area (Å²) >= 11 is 0. The number of likely N-dealkylation sites (tertiary alicyclic amines) is 1. The van der Waals surface area contributed by atoms with Gasteiger partial charge in [0.05, 0.1) is 0 Å². The highest BCUT2D eigenvalue weighted by molar-refractivity contribution is 5.85. The van der Waals surface area contributed by atoms with Gasteiger partial charge >= 0.3 is 0 Å². The zero-order chi connectivity index (χ0) is 12.3. The van der Waals surface area contributed by atoms with Crippen molar-refractivity contribution in [3.05, 3.63) is 30.1 Å². The molecule has 0 unspecified atom stereocenters. The Balaban J connectivity index is 0.00000162. The van der Waals surface area contributed by atoms with Gasteiger partial charge in [0.15, 0.2) is 0 Å². The number of pyridine rings is 1. The van der Waals surface area contributed by atoms with Crippen LogP contribution in [0.1, 0.15) is 24.5 Å². The van der Waals surface area contributed by atoms with E-state index in [1.807, 2.05) is 0 Å². The quantitative estimate of drug-likeness (QED) is 0.870. The van der Waals surface area contributed by atoms with Gasteiger partial charge in [-0.25, -0.2) is 0 Å². The van der Waals surface area contributed by atoms with Gasteiger partial charge in [-0.2, -0.15) is 0 Å². The summed E-state index contributed by atoms with van der Waals surface area (Å²) in [6.07, 6.45) is 4.22. The Morgan fingerprint density at radius 2 is 1.79 bits per heavy atom. The van der Waals surface area contributed by atoms with Crippen molar-refractivity contribution < 1.29 is 9.90 Å². The second-order valence-electron chi connectivity index (χ2n) is 4.28. The van der Waals surface area contributed by atoms with Gasteiger partial charge in [-0.05, 0) is 30.5 Å². The minimum absolute atomic E-state index is 0. The molecule has 0 aromatic carbocycles. The number of nitrogens with two attached hydrogens (primary N) is 1. The normalized spacial score (nSPS) is 17.1. The van der Waals surface area contributed by atoms with E-state index in [1.54, 1.807) is 29.4 Å². The van der Waals surface area contributed by atoms with Crippen molar-refractivity contribution in [2.45, 2.75) is 25.0 Å². The molecular formula is C12H19Cl2N3O2. The molecule has 1 fully saturated rings. The summed E-state index contributed by atoms with van der Waals surface area (Å²) in [4.78, 5) is 17.6. The molecule has 19 heavy (non-hydrogen) atoms. The lowest BCUT2D eigenvalue weighted by Crippen LogP contribution is -2.45. The molecule has 0 saturated carbocycles. The summed E-state index contributed by atoms with van der Waals surface area (Å²) in [6.45, 7) is 1.49. The minimum Gasteiger partial charge on any atom is -0.386 e. The lowest BCUT2D eigenvalue weighted by atomic mass is 10.0. The number of aromatic nitrogens is 1. The van der Waals surface area contributed by atoms with Gasteiger partial charge in [0.1, 0.15) is 12.1 Å². The molecule has 108 valence electrons. The maximum Gasteiger partial charge on any atom is 0.242 e. The van der Waals surface area contributed by atoms with E-state index in [9.17, 15) is 9.90 Å². The Morgan fingerprint density at radius 3 is 2.32 bits per heavy atom. The van der Waals surface area contributed by atoms with Crippen molar-refractivity contribution in [3.8, 4) is 0 Å². The van der Waals surface area contributed by atoms with Crippen molar-refractivity contribution in [2.75, 3.05) is 13.1 Å². The topological polar surface area (TPSA) is 79.5 Å². The van der Waals surface area contributed by atoms with Crippen LogP contribution in [-0.2, 0) is 4.79 Å². The van der Waals surface area contributed by atoms with E-state index in [-0.39, 0.29) is 30.7 Å². The van der Waals surface area contributed by atoms with Crippen LogP contribution in [0.2, 0.25) is 0 Å². The lowest BCUT2D eigenvalue weighted by molar-refractivity contribution is -0.134. The van der Waals surface area contributed by atoms with E-state index < -0.39 is 12.1 Å². The van der Waals surface area contributed by atoms with Crippen LogP contribution in [0.25, 0.3) is 0 Å². The number of halogens is 2.